The molecule has 6 heteroatoms. The molecule has 1 heterocycles. The molecule has 1 aliphatic rings. The maximum atomic E-state index is 13.0. The van der Waals surface area contributed by atoms with Gasteiger partial charge in [-0.15, -0.1) is 0 Å². The van der Waals surface area contributed by atoms with Gasteiger partial charge in [0.05, 0.1) is 14.2 Å². The Morgan fingerprint density at radius 3 is 2.12 bits per heavy atom. The SMILES string of the molecule is COc1cccc(OC)c1C(=O)N1CCN(c2cccc(Cl)c2)CC1. The molecular formula is C19H21ClN2O3. The van der Waals surface area contributed by atoms with E-state index in [1.807, 2.05) is 35.2 Å². The van der Waals surface area contributed by atoms with E-state index in [2.05, 4.69) is 4.90 Å². The third-order valence-electron chi connectivity index (χ3n) is 4.38. The summed E-state index contributed by atoms with van der Waals surface area (Å²) in [6.07, 6.45) is 0. The number of ether oxygens (including phenoxy) is 2. The van der Waals surface area contributed by atoms with Gasteiger partial charge in [-0.25, -0.2) is 0 Å². The van der Waals surface area contributed by atoms with Crippen molar-refractivity contribution in [2.24, 2.45) is 0 Å². The second-order valence-corrected chi connectivity index (χ2v) is 6.23. The average molecular weight is 361 g/mol. The molecule has 0 atom stereocenters. The van der Waals surface area contributed by atoms with Gasteiger partial charge in [-0.1, -0.05) is 23.7 Å². The van der Waals surface area contributed by atoms with Crippen LogP contribution < -0.4 is 14.4 Å². The van der Waals surface area contributed by atoms with Crippen molar-refractivity contribution in [1.29, 1.82) is 0 Å². The first-order chi connectivity index (χ1) is 12.1. The molecular weight excluding hydrogens is 340 g/mol. The molecule has 0 spiro atoms. The third-order valence-corrected chi connectivity index (χ3v) is 4.62. The summed E-state index contributed by atoms with van der Waals surface area (Å²) in [7, 11) is 3.12. The van der Waals surface area contributed by atoms with Crippen LogP contribution in [0.1, 0.15) is 10.4 Å². The van der Waals surface area contributed by atoms with Crippen molar-refractivity contribution in [2.45, 2.75) is 0 Å². The van der Waals surface area contributed by atoms with Crippen molar-refractivity contribution in [3.8, 4) is 11.5 Å². The Labute approximate surface area is 152 Å². The summed E-state index contributed by atoms with van der Waals surface area (Å²) in [5, 5.41) is 0.717. The molecule has 132 valence electrons. The third kappa shape index (κ3) is 3.66. The first-order valence-electron chi connectivity index (χ1n) is 8.15. The number of carbonyl (C=O) groups is 1. The summed E-state index contributed by atoms with van der Waals surface area (Å²) in [6, 6.07) is 13.1. The Balaban J connectivity index is 1.74. The van der Waals surface area contributed by atoms with Gasteiger partial charge in [-0.2, -0.15) is 0 Å². The number of nitrogens with zero attached hydrogens (tertiary/aromatic N) is 2. The van der Waals surface area contributed by atoms with Gasteiger partial charge in [-0.3, -0.25) is 4.79 Å². The maximum absolute atomic E-state index is 13.0. The molecule has 0 unspecified atom stereocenters. The summed E-state index contributed by atoms with van der Waals surface area (Å²) >= 11 is 6.07. The molecule has 1 aliphatic heterocycles. The number of carbonyl (C=O) groups excluding carboxylic acids is 1. The zero-order valence-electron chi connectivity index (χ0n) is 14.4. The zero-order valence-corrected chi connectivity index (χ0v) is 15.1. The smallest absolute Gasteiger partial charge is 0.261 e. The summed E-state index contributed by atoms with van der Waals surface area (Å²) < 4.78 is 10.7. The minimum Gasteiger partial charge on any atom is -0.496 e. The van der Waals surface area contributed by atoms with Crippen LogP contribution in [0.25, 0.3) is 0 Å². The quantitative estimate of drug-likeness (QED) is 0.838. The highest BCUT2D eigenvalue weighted by atomic mass is 35.5. The molecule has 0 radical (unpaired) electrons. The highest BCUT2D eigenvalue weighted by Crippen LogP contribution is 2.30. The van der Waals surface area contributed by atoms with E-state index in [1.54, 1.807) is 26.4 Å². The number of methoxy groups -OCH3 is 2. The fourth-order valence-corrected chi connectivity index (χ4v) is 3.25. The van der Waals surface area contributed by atoms with Crippen molar-refractivity contribution in [3.05, 3.63) is 53.1 Å². The highest BCUT2D eigenvalue weighted by molar-refractivity contribution is 6.30. The topological polar surface area (TPSA) is 42.0 Å². The van der Waals surface area contributed by atoms with Crippen LogP contribution in [-0.4, -0.2) is 51.2 Å². The van der Waals surface area contributed by atoms with Gasteiger partial charge in [0.2, 0.25) is 0 Å². The van der Waals surface area contributed by atoms with E-state index in [-0.39, 0.29) is 5.91 Å². The van der Waals surface area contributed by atoms with Crippen LogP contribution in [0.5, 0.6) is 11.5 Å². The van der Waals surface area contributed by atoms with Crippen LogP contribution in [0.2, 0.25) is 5.02 Å². The van der Waals surface area contributed by atoms with Crippen molar-refractivity contribution in [1.82, 2.24) is 4.90 Å². The molecule has 1 fully saturated rings. The second-order valence-electron chi connectivity index (χ2n) is 5.80. The van der Waals surface area contributed by atoms with Crippen molar-refractivity contribution in [2.75, 3.05) is 45.3 Å². The number of hydrogen-bond acceptors (Lipinski definition) is 4. The van der Waals surface area contributed by atoms with Crippen LogP contribution in [0.4, 0.5) is 5.69 Å². The van der Waals surface area contributed by atoms with Crippen molar-refractivity contribution >= 4 is 23.2 Å². The molecule has 1 saturated heterocycles. The Morgan fingerprint density at radius 2 is 1.56 bits per heavy atom. The highest BCUT2D eigenvalue weighted by Gasteiger charge is 2.27. The Kier molecular flexibility index (Phi) is 5.34. The first kappa shape index (κ1) is 17.4. The molecule has 3 rings (SSSR count). The van der Waals surface area contributed by atoms with Crippen LogP contribution in [0.15, 0.2) is 42.5 Å². The van der Waals surface area contributed by atoms with Crippen molar-refractivity contribution in [3.63, 3.8) is 0 Å². The molecule has 0 aromatic heterocycles. The lowest BCUT2D eigenvalue weighted by atomic mass is 10.1. The zero-order chi connectivity index (χ0) is 17.8. The number of halogens is 1. The van der Waals surface area contributed by atoms with Crippen LogP contribution in [-0.2, 0) is 0 Å². The molecule has 0 bridgehead atoms. The number of rotatable bonds is 4. The van der Waals surface area contributed by atoms with E-state index < -0.39 is 0 Å². The number of benzene rings is 2. The van der Waals surface area contributed by atoms with Gasteiger partial charge in [0, 0.05) is 36.9 Å². The average Bonchev–Trinajstić information content (AvgIpc) is 2.66. The monoisotopic (exact) mass is 360 g/mol. The van der Waals surface area contributed by atoms with Gasteiger partial charge >= 0.3 is 0 Å². The summed E-state index contributed by atoms with van der Waals surface area (Å²) in [4.78, 5) is 17.0. The number of anilines is 1. The van der Waals surface area contributed by atoms with Gasteiger partial charge in [-0.05, 0) is 30.3 Å². The van der Waals surface area contributed by atoms with Crippen LogP contribution in [0, 0.1) is 0 Å². The minimum absolute atomic E-state index is 0.0694. The van der Waals surface area contributed by atoms with E-state index >= 15 is 0 Å². The normalized spacial score (nSPS) is 14.4. The lowest BCUT2D eigenvalue weighted by Gasteiger charge is -2.36. The molecule has 1 amide bonds. The Bertz CT molecular complexity index is 736. The second kappa shape index (κ2) is 7.66. The predicted octanol–water partition coefficient (Wildman–Crippen LogP) is 3.32. The van der Waals surface area contributed by atoms with Gasteiger partial charge in [0.25, 0.3) is 5.91 Å². The van der Waals surface area contributed by atoms with Gasteiger partial charge in [0.15, 0.2) is 0 Å². The van der Waals surface area contributed by atoms with Crippen LogP contribution in [0.3, 0.4) is 0 Å². The number of hydrogen-bond donors (Lipinski definition) is 0. The molecule has 5 nitrogen and oxygen atoms in total. The molecule has 2 aromatic carbocycles. The Hall–Kier alpha value is -2.40. The largest absolute Gasteiger partial charge is 0.496 e. The van der Waals surface area contributed by atoms with E-state index in [9.17, 15) is 4.79 Å². The lowest BCUT2D eigenvalue weighted by Crippen LogP contribution is -2.48. The first-order valence-corrected chi connectivity index (χ1v) is 8.52. The molecule has 0 N–H and O–H groups in total. The van der Waals surface area contributed by atoms with Gasteiger partial charge in [0.1, 0.15) is 17.1 Å². The molecule has 2 aromatic rings. The van der Waals surface area contributed by atoms with Gasteiger partial charge < -0.3 is 19.3 Å². The summed E-state index contributed by atoms with van der Waals surface area (Å²) in [5.74, 6) is 0.989. The molecule has 0 saturated carbocycles. The molecule has 0 aliphatic carbocycles. The van der Waals surface area contributed by atoms with Crippen LogP contribution >= 0.6 is 11.6 Å². The molecule has 25 heavy (non-hydrogen) atoms. The summed E-state index contributed by atoms with van der Waals surface area (Å²) in [5.41, 5.74) is 1.55. The fraction of sp³-hybridized carbons (Fsp3) is 0.316. The predicted molar refractivity (Wildman–Crippen MR) is 99.1 cm³/mol. The van der Waals surface area contributed by atoms with E-state index in [0.29, 0.717) is 30.2 Å². The standard InChI is InChI=1S/C19H21ClN2O3/c1-24-16-7-4-8-17(25-2)18(16)19(23)22-11-9-21(10-12-22)15-6-3-5-14(20)13-15/h3-8,13H,9-12H2,1-2H3. The minimum atomic E-state index is -0.0694. The maximum Gasteiger partial charge on any atom is 0.261 e. The number of amides is 1. The van der Waals surface area contributed by atoms with E-state index in [0.717, 1.165) is 23.8 Å². The lowest BCUT2D eigenvalue weighted by molar-refractivity contribution is 0.0740. The van der Waals surface area contributed by atoms with E-state index in [4.69, 9.17) is 21.1 Å². The van der Waals surface area contributed by atoms with E-state index in [1.165, 1.54) is 0 Å². The van der Waals surface area contributed by atoms with Crippen molar-refractivity contribution < 1.29 is 14.3 Å². The Morgan fingerprint density at radius 1 is 0.960 bits per heavy atom. The number of piperazine rings is 1. The fourth-order valence-electron chi connectivity index (χ4n) is 3.06. The summed E-state index contributed by atoms with van der Waals surface area (Å²) in [6.45, 7) is 2.77.